The molecule has 1 unspecified atom stereocenters. The first-order valence-electron chi connectivity index (χ1n) is 10.9. The van der Waals surface area contributed by atoms with E-state index in [9.17, 15) is 14.3 Å². The molecule has 2 aliphatic heterocycles. The first kappa shape index (κ1) is 23.0. The number of nitrogens with one attached hydrogen (secondary N) is 1. The van der Waals surface area contributed by atoms with Crippen molar-refractivity contribution in [1.82, 2.24) is 15.3 Å². The second-order valence-corrected chi connectivity index (χ2v) is 11.3. The maximum atomic E-state index is 14.8. The van der Waals surface area contributed by atoms with Crippen LogP contribution in [0.4, 0.5) is 9.18 Å². The third-order valence-electron chi connectivity index (χ3n) is 6.32. The zero-order chi connectivity index (χ0) is 23.1. The number of halogens is 1. The molecule has 1 atom stereocenters. The van der Waals surface area contributed by atoms with Gasteiger partial charge in [0.25, 0.3) is 0 Å². The number of carbonyl (C=O) groups excluding carboxylic acids is 1. The molecule has 4 heterocycles. The normalized spacial score (nSPS) is 26.1. The van der Waals surface area contributed by atoms with Gasteiger partial charge in [-0.05, 0) is 58.9 Å². The molecule has 1 amide bonds. The molecule has 32 heavy (non-hydrogen) atoms. The van der Waals surface area contributed by atoms with Gasteiger partial charge < -0.3 is 19.9 Å². The van der Waals surface area contributed by atoms with E-state index in [4.69, 9.17) is 9.47 Å². The van der Waals surface area contributed by atoms with E-state index in [1.54, 1.807) is 23.9 Å². The van der Waals surface area contributed by atoms with Crippen LogP contribution in [-0.2, 0) is 4.74 Å². The molecule has 2 aromatic rings. The molecule has 0 aromatic carbocycles. The molecule has 2 bridgehead atoms. The Labute approximate surface area is 191 Å². The number of pyridine rings is 2. The minimum absolute atomic E-state index is 0.165. The summed E-state index contributed by atoms with van der Waals surface area (Å²) in [7, 11) is 1.49. The molecule has 3 fully saturated rings. The summed E-state index contributed by atoms with van der Waals surface area (Å²) in [5, 5.41) is 14.2. The molecule has 5 rings (SSSR count). The van der Waals surface area contributed by atoms with Crippen molar-refractivity contribution in [3.63, 3.8) is 0 Å². The molecule has 1 aliphatic carbocycles. The summed E-state index contributed by atoms with van der Waals surface area (Å²) in [5.74, 6) is 0.517. The van der Waals surface area contributed by atoms with Crippen molar-refractivity contribution in [2.75, 3.05) is 12.9 Å². The Kier molecular flexibility index (Phi) is 6.00. The first-order chi connectivity index (χ1) is 15.0. The van der Waals surface area contributed by atoms with Gasteiger partial charge in [-0.1, -0.05) is 0 Å². The number of aromatic nitrogens is 2. The topological polar surface area (TPSA) is 93.6 Å². The molecular weight excluding hydrogens is 433 g/mol. The number of amides is 1. The summed E-state index contributed by atoms with van der Waals surface area (Å²) in [6.07, 6.45) is 3.40. The standard InChI is InChI=1S/C23H30FN3O4S/c1-21(2,3)31-20(29)27-22-7-9-23(10-8-22,32-13-22)11-16(28)18-14(24)12-25-15-5-6-17(30-4)26-19(15)18/h5-6,12,16,28H,7-11,13H2,1-4H3,(H,27,29). The lowest BCUT2D eigenvalue weighted by Crippen LogP contribution is -2.60. The molecule has 0 radical (unpaired) electrons. The van der Waals surface area contributed by atoms with Gasteiger partial charge in [-0.15, -0.1) is 0 Å². The van der Waals surface area contributed by atoms with E-state index in [0.717, 1.165) is 37.6 Å². The Morgan fingerprint density at radius 1 is 1.31 bits per heavy atom. The Balaban J connectivity index is 1.49. The average molecular weight is 464 g/mol. The number of carbonyl (C=O) groups is 1. The Morgan fingerprint density at radius 3 is 2.62 bits per heavy atom. The summed E-state index contributed by atoms with van der Waals surface area (Å²) in [6, 6.07) is 3.37. The number of rotatable bonds is 5. The van der Waals surface area contributed by atoms with Crippen molar-refractivity contribution < 1.29 is 23.8 Å². The van der Waals surface area contributed by atoms with E-state index >= 15 is 0 Å². The zero-order valence-electron chi connectivity index (χ0n) is 18.9. The molecule has 174 valence electrons. The molecule has 9 heteroatoms. The van der Waals surface area contributed by atoms with Crippen LogP contribution in [0.5, 0.6) is 5.88 Å². The maximum absolute atomic E-state index is 14.8. The van der Waals surface area contributed by atoms with Crippen LogP contribution in [0, 0.1) is 5.82 Å². The predicted octanol–water partition coefficient (Wildman–Crippen LogP) is 4.52. The highest BCUT2D eigenvalue weighted by molar-refractivity contribution is 8.00. The summed E-state index contributed by atoms with van der Waals surface area (Å²) in [5.41, 5.74) is 0.172. The smallest absolute Gasteiger partial charge is 0.408 e. The highest BCUT2D eigenvalue weighted by Gasteiger charge is 2.51. The predicted molar refractivity (Wildman–Crippen MR) is 121 cm³/mol. The van der Waals surface area contributed by atoms with Crippen molar-refractivity contribution in [3.05, 3.63) is 29.7 Å². The third kappa shape index (κ3) is 4.64. The van der Waals surface area contributed by atoms with Gasteiger partial charge in [0, 0.05) is 22.1 Å². The van der Waals surface area contributed by atoms with Gasteiger partial charge in [0.05, 0.1) is 30.5 Å². The molecule has 2 N–H and O–H groups in total. The minimum atomic E-state index is -1.02. The van der Waals surface area contributed by atoms with Crippen molar-refractivity contribution in [2.45, 2.75) is 74.9 Å². The molecule has 7 nitrogen and oxygen atoms in total. The second-order valence-electron chi connectivity index (χ2n) is 9.84. The van der Waals surface area contributed by atoms with Crippen molar-refractivity contribution in [1.29, 1.82) is 0 Å². The number of methoxy groups -OCH3 is 1. The fraction of sp³-hybridized carbons (Fsp3) is 0.609. The quantitative estimate of drug-likeness (QED) is 0.673. The Bertz CT molecular complexity index is 1000. The summed E-state index contributed by atoms with van der Waals surface area (Å²) >= 11 is 1.75. The van der Waals surface area contributed by atoms with E-state index in [1.165, 1.54) is 7.11 Å². The van der Waals surface area contributed by atoms with Crippen LogP contribution in [0.15, 0.2) is 18.3 Å². The molecule has 3 aliphatic rings. The molecular formula is C23H30FN3O4S. The van der Waals surface area contributed by atoms with Crippen LogP contribution in [0.3, 0.4) is 0 Å². The lowest BCUT2D eigenvalue weighted by Gasteiger charge is -2.53. The highest BCUT2D eigenvalue weighted by atomic mass is 32.2. The second kappa shape index (κ2) is 8.33. The van der Waals surface area contributed by atoms with Gasteiger partial charge in [0.15, 0.2) is 0 Å². The maximum Gasteiger partial charge on any atom is 0.408 e. The van der Waals surface area contributed by atoms with Gasteiger partial charge >= 0.3 is 6.09 Å². The Morgan fingerprint density at radius 2 is 2.03 bits per heavy atom. The molecule has 2 saturated heterocycles. The summed E-state index contributed by atoms with van der Waals surface area (Å²) in [6.45, 7) is 5.54. The molecule has 0 spiro atoms. The summed E-state index contributed by atoms with van der Waals surface area (Å²) < 4.78 is 25.2. The van der Waals surface area contributed by atoms with Gasteiger partial charge in [0.2, 0.25) is 5.88 Å². The number of aliphatic hydroxyl groups excluding tert-OH is 1. The highest BCUT2D eigenvalue weighted by Crippen LogP contribution is 2.55. The number of nitrogens with zero attached hydrogens (tertiary/aromatic N) is 2. The lowest BCUT2D eigenvalue weighted by atomic mass is 9.73. The zero-order valence-corrected chi connectivity index (χ0v) is 19.7. The van der Waals surface area contributed by atoms with E-state index in [2.05, 4.69) is 15.3 Å². The van der Waals surface area contributed by atoms with E-state index in [0.29, 0.717) is 23.3 Å². The van der Waals surface area contributed by atoms with Crippen molar-refractivity contribution in [3.8, 4) is 5.88 Å². The molecule has 2 aromatic heterocycles. The Hall–Kier alpha value is -2.13. The molecule has 1 saturated carbocycles. The van der Waals surface area contributed by atoms with Gasteiger partial charge in [-0.2, -0.15) is 11.8 Å². The number of hydrogen-bond donors (Lipinski definition) is 2. The first-order valence-corrected chi connectivity index (χ1v) is 11.8. The van der Waals surface area contributed by atoms with Crippen molar-refractivity contribution in [2.24, 2.45) is 0 Å². The van der Waals surface area contributed by atoms with Crippen LogP contribution in [0.25, 0.3) is 11.0 Å². The van der Waals surface area contributed by atoms with E-state index in [-0.39, 0.29) is 15.8 Å². The number of fused-ring (bicyclic) bond motifs is 4. The third-order valence-corrected chi connectivity index (χ3v) is 8.21. The van der Waals surface area contributed by atoms with E-state index < -0.39 is 23.6 Å². The van der Waals surface area contributed by atoms with Gasteiger partial charge in [-0.25, -0.2) is 14.2 Å². The lowest BCUT2D eigenvalue weighted by molar-refractivity contribution is 0.0410. The number of ether oxygens (including phenoxy) is 2. The SMILES string of the molecule is COc1ccc2ncc(F)c(C(O)CC34CCC(NC(=O)OC(C)(C)C)(CC3)CS4)c2n1. The van der Waals surface area contributed by atoms with E-state index in [1.807, 2.05) is 20.8 Å². The van der Waals surface area contributed by atoms with Crippen molar-refractivity contribution >= 4 is 28.9 Å². The number of hydrogen-bond acceptors (Lipinski definition) is 7. The monoisotopic (exact) mass is 463 g/mol. The van der Waals surface area contributed by atoms with Crippen LogP contribution in [0.1, 0.15) is 64.5 Å². The van der Waals surface area contributed by atoms with Crippen LogP contribution in [-0.4, -0.2) is 49.9 Å². The number of alkyl carbamates (subject to hydrolysis) is 1. The fourth-order valence-electron chi connectivity index (χ4n) is 4.64. The largest absolute Gasteiger partial charge is 0.481 e. The van der Waals surface area contributed by atoms with Gasteiger partial charge in [-0.3, -0.25) is 4.98 Å². The number of thioether (sulfide) groups is 1. The van der Waals surface area contributed by atoms with Crippen LogP contribution < -0.4 is 10.1 Å². The number of aliphatic hydroxyl groups is 1. The minimum Gasteiger partial charge on any atom is -0.481 e. The van der Waals surface area contributed by atoms with Crippen LogP contribution >= 0.6 is 11.8 Å². The van der Waals surface area contributed by atoms with Gasteiger partial charge in [0.1, 0.15) is 16.9 Å². The fourth-order valence-corrected chi connectivity index (χ4v) is 6.35. The van der Waals surface area contributed by atoms with Crippen LogP contribution in [0.2, 0.25) is 0 Å². The summed E-state index contributed by atoms with van der Waals surface area (Å²) in [4.78, 5) is 20.8. The average Bonchev–Trinajstić information content (AvgIpc) is 2.72.